The summed E-state index contributed by atoms with van der Waals surface area (Å²) in [7, 11) is 0. The summed E-state index contributed by atoms with van der Waals surface area (Å²) in [5, 5.41) is 7.11. The fraction of sp³-hybridized carbons (Fsp3) is 1.00. The molecule has 2 N–H and O–H groups in total. The first-order chi connectivity index (χ1) is 7.18. The highest BCUT2D eigenvalue weighted by molar-refractivity contribution is 4.89. The Bertz CT molecular complexity index is 193. The van der Waals surface area contributed by atoms with Crippen molar-refractivity contribution in [3.8, 4) is 0 Å². The lowest BCUT2D eigenvalue weighted by atomic mass is 9.91. The van der Waals surface area contributed by atoms with E-state index in [9.17, 15) is 0 Å². The average molecular weight is 211 g/mol. The third-order valence-corrected chi connectivity index (χ3v) is 3.90. The van der Waals surface area contributed by atoms with Gasteiger partial charge < -0.3 is 10.6 Å². The van der Waals surface area contributed by atoms with Crippen molar-refractivity contribution in [2.75, 3.05) is 32.7 Å². The van der Waals surface area contributed by atoms with Gasteiger partial charge in [0.2, 0.25) is 0 Å². The lowest BCUT2D eigenvalue weighted by Crippen LogP contribution is -2.58. The Labute approximate surface area is 93.6 Å². The minimum Gasteiger partial charge on any atom is -0.314 e. The lowest BCUT2D eigenvalue weighted by molar-refractivity contribution is 0.0956. The van der Waals surface area contributed by atoms with Crippen molar-refractivity contribution in [2.24, 2.45) is 0 Å². The maximum atomic E-state index is 3.69. The van der Waals surface area contributed by atoms with Gasteiger partial charge in [-0.15, -0.1) is 0 Å². The molecule has 0 aromatic heterocycles. The third kappa shape index (κ3) is 2.92. The second-order valence-electron chi connectivity index (χ2n) is 5.56. The monoisotopic (exact) mass is 211 g/mol. The summed E-state index contributed by atoms with van der Waals surface area (Å²) in [6, 6.07) is 0.812. The normalized spacial score (nSPS) is 25.2. The number of rotatable bonds is 4. The van der Waals surface area contributed by atoms with Crippen molar-refractivity contribution in [1.29, 1.82) is 0 Å². The van der Waals surface area contributed by atoms with Gasteiger partial charge >= 0.3 is 0 Å². The van der Waals surface area contributed by atoms with E-state index in [-0.39, 0.29) is 0 Å². The molecule has 0 radical (unpaired) electrons. The average Bonchev–Trinajstić information content (AvgIpc) is 2.16. The summed E-state index contributed by atoms with van der Waals surface area (Å²) >= 11 is 0. The summed E-state index contributed by atoms with van der Waals surface area (Å²) in [6.45, 7) is 10.5. The van der Waals surface area contributed by atoms with Crippen LogP contribution in [0.15, 0.2) is 0 Å². The predicted octanol–water partition coefficient (Wildman–Crippen LogP) is 0.812. The Morgan fingerprint density at radius 1 is 1.27 bits per heavy atom. The molecule has 0 aromatic carbocycles. The van der Waals surface area contributed by atoms with Crippen LogP contribution >= 0.6 is 0 Å². The molecule has 0 bridgehead atoms. The molecule has 3 nitrogen and oxygen atoms in total. The van der Waals surface area contributed by atoms with Crippen molar-refractivity contribution in [3.63, 3.8) is 0 Å². The summed E-state index contributed by atoms with van der Waals surface area (Å²) in [4.78, 5) is 2.61. The molecule has 1 saturated carbocycles. The van der Waals surface area contributed by atoms with Crippen LogP contribution in [0.5, 0.6) is 0 Å². The highest BCUT2D eigenvalue weighted by Gasteiger charge is 2.29. The van der Waals surface area contributed by atoms with Gasteiger partial charge in [-0.3, -0.25) is 4.90 Å². The number of hydrogen-bond acceptors (Lipinski definition) is 3. The molecule has 15 heavy (non-hydrogen) atoms. The second kappa shape index (κ2) is 4.81. The van der Waals surface area contributed by atoms with Crippen LogP contribution in [0.2, 0.25) is 0 Å². The lowest BCUT2D eigenvalue weighted by Gasteiger charge is -2.42. The van der Waals surface area contributed by atoms with Gasteiger partial charge in [-0.2, -0.15) is 0 Å². The molecule has 0 aromatic rings. The molecule has 88 valence electrons. The highest BCUT2D eigenvalue weighted by atomic mass is 15.2. The molecule has 1 heterocycles. The quantitative estimate of drug-likeness (QED) is 0.721. The molecule has 0 atom stereocenters. The van der Waals surface area contributed by atoms with Gasteiger partial charge in [0.25, 0.3) is 0 Å². The van der Waals surface area contributed by atoms with Crippen molar-refractivity contribution < 1.29 is 0 Å². The van der Waals surface area contributed by atoms with E-state index in [4.69, 9.17) is 0 Å². The summed E-state index contributed by atoms with van der Waals surface area (Å²) in [6.07, 6.45) is 4.20. The topological polar surface area (TPSA) is 27.3 Å². The van der Waals surface area contributed by atoms with Crippen molar-refractivity contribution in [3.05, 3.63) is 0 Å². The SMILES string of the molecule is CC(C)(CNC1CCC1)N1CCNCC1. The largest absolute Gasteiger partial charge is 0.314 e. The first-order valence-electron chi connectivity index (χ1n) is 6.38. The number of nitrogens with zero attached hydrogens (tertiary/aromatic N) is 1. The van der Waals surface area contributed by atoms with E-state index in [2.05, 4.69) is 29.4 Å². The summed E-state index contributed by atoms with van der Waals surface area (Å²) in [5.74, 6) is 0. The van der Waals surface area contributed by atoms with Gasteiger partial charge in [-0.25, -0.2) is 0 Å². The molecular weight excluding hydrogens is 186 g/mol. The Morgan fingerprint density at radius 3 is 2.47 bits per heavy atom. The number of nitrogens with one attached hydrogen (secondary N) is 2. The van der Waals surface area contributed by atoms with Crippen LogP contribution in [0.25, 0.3) is 0 Å². The minimum atomic E-state index is 0.317. The Hall–Kier alpha value is -0.120. The molecule has 0 amide bonds. The maximum Gasteiger partial charge on any atom is 0.0278 e. The molecule has 0 spiro atoms. The van der Waals surface area contributed by atoms with Gasteiger partial charge in [-0.1, -0.05) is 6.42 Å². The highest BCUT2D eigenvalue weighted by Crippen LogP contribution is 2.20. The van der Waals surface area contributed by atoms with Gasteiger partial charge in [-0.05, 0) is 26.7 Å². The smallest absolute Gasteiger partial charge is 0.0278 e. The van der Waals surface area contributed by atoms with Gasteiger partial charge in [0.1, 0.15) is 0 Å². The van der Waals surface area contributed by atoms with Gasteiger partial charge in [0, 0.05) is 44.3 Å². The van der Waals surface area contributed by atoms with Crippen LogP contribution in [-0.4, -0.2) is 49.2 Å². The first-order valence-corrected chi connectivity index (χ1v) is 6.38. The standard InChI is InChI=1S/C12H25N3/c1-12(2,10-14-11-4-3-5-11)15-8-6-13-7-9-15/h11,13-14H,3-10H2,1-2H3. The Morgan fingerprint density at radius 2 is 1.93 bits per heavy atom. The van der Waals surface area contributed by atoms with Crippen LogP contribution in [0.4, 0.5) is 0 Å². The molecule has 1 saturated heterocycles. The van der Waals surface area contributed by atoms with Crippen LogP contribution in [0.1, 0.15) is 33.1 Å². The molecular formula is C12H25N3. The minimum absolute atomic E-state index is 0.317. The molecule has 3 heteroatoms. The number of piperazine rings is 1. The van der Waals surface area contributed by atoms with E-state index < -0.39 is 0 Å². The van der Waals surface area contributed by atoms with E-state index in [1.165, 1.54) is 32.4 Å². The van der Waals surface area contributed by atoms with E-state index in [0.717, 1.165) is 25.7 Å². The molecule has 1 aliphatic heterocycles. The zero-order valence-electron chi connectivity index (χ0n) is 10.2. The van der Waals surface area contributed by atoms with Crippen molar-refractivity contribution in [2.45, 2.75) is 44.7 Å². The van der Waals surface area contributed by atoms with Gasteiger partial charge in [0.15, 0.2) is 0 Å². The van der Waals surface area contributed by atoms with Gasteiger partial charge in [0.05, 0.1) is 0 Å². The van der Waals surface area contributed by atoms with Crippen LogP contribution in [0.3, 0.4) is 0 Å². The molecule has 2 fully saturated rings. The van der Waals surface area contributed by atoms with E-state index in [0.29, 0.717) is 5.54 Å². The first kappa shape index (κ1) is 11.4. The third-order valence-electron chi connectivity index (χ3n) is 3.90. The predicted molar refractivity (Wildman–Crippen MR) is 64.2 cm³/mol. The van der Waals surface area contributed by atoms with Crippen molar-refractivity contribution >= 4 is 0 Å². The van der Waals surface area contributed by atoms with E-state index in [1.807, 2.05) is 0 Å². The summed E-state index contributed by atoms with van der Waals surface area (Å²) in [5.41, 5.74) is 0.317. The van der Waals surface area contributed by atoms with Crippen LogP contribution in [0, 0.1) is 0 Å². The van der Waals surface area contributed by atoms with E-state index >= 15 is 0 Å². The fourth-order valence-corrected chi connectivity index (χ4v) is 2.39. The van der Waals surface area contributed by atoms with Crippen molar-refractivity contribution in [1.82, 2.24) is 15.5 Å². The fourth-order valence-electron chi connectivity index (χ4n) is 2.39. The maximum absolute atomic E-state index is 3.69. The van der Waals surface area contributed by atoms with Crippen LogP contribution in [-0.2, 0) is 0 Å². The zero-order valence-corrected chi connectivity index (χ0v) is 10.2. The molecule has 0 unspecified atom stereocenters. The Balaban J connectivity index is 1.75. The second-order valence-corrected chi connectivity index (χ2v) is 5.56. The summed E-state index contributed by atoms with van der Waals surface area (Å²) < 4.78 is 0. The van der Waals surface area contributed by atoms with Crippen LogP contribution < -0.4 is 10.6 Å². The molecule has 2 rings (SSSR count). The Kier molecular flexibility index (Phi) is 3.65. The number of hydrogen-bond donors (Lipinski definition) is 2. The van der Waals surface area contributed by atoms with E-state index in [1.54, 1.807) is 0 Å². The molecule has 1 aliphatic carbocycles. The zero-order chi connectivity index (χ0) is 10.7. The molecule has 2 aliphatic rings.